The maximum atomic E-state index is 13.0. The highest BCUT2D eigenvalue weighted by atomic mass is 19.1. The van der Waals surface area contributed by atoms with E-state index in [2.05, 4.69) is 20.3 Å². The Morgan fingerprint density at radius 2 is 1.84 bits per heavy atom. The van der Waals surface area contributed by atoms with Gasteiger partial charge in [-0.2, -0.15) is 0 Å². The Labute approximate surface area is 185 Å². The van der Waals surface area contributed by atoms with E-state index in [1.807, 2.05) is 23.1 Å². The summed E-state index contributed by atoms with van der Waals surface area (Å²) in [5, 5.41) is 2.73. The standard InChI is InChI=1S/C24H24FN5O2/c1-16-21(24(32)29-19-7-5-18(25)6-8-19)15-27-23(28-16)17-9-12-30(13-10-17)22(31)14-20-4-2-3-11-26-20/h2-8,11,15,17H,9-10,12-14H2,1H3,(H,29,32). The number of nitrogens with one attached hydrogen (secondary N) is 1. The molecular formula is C24H24FN5O2. The summed E-state index contributed by atoms with van der Waals surface area (Å²) in [5.74, 6) is 0.207. The van der Waals surface area contributed by atoms with Crippen molar-refractivity contribution < 1.29 is 14.0 Å². The Balaban J connectivity index is 1.35. The molecule has 164 valence electrons. The molecule has 1 aliphatic rings. The highest BCUT2D eigenvalue weighted by molar-refractivity contribution is 6.04. The van der Waals surface area contributed by atoms with E-state index < -0.39 is 0 Å². The van der Waals surface area contributed by atoms with Crippen LogP contribution in [0.1, 0.15) is 46.3 Å². The van der Waals surface area contributed by atoms with Gasteiger partial charge in [-0.05, 0) is 56.2 Å². The Morgan fingerprint density at radius 3 is 2.50 bits per heavy atom. The molecular weight excluding hydrogens is 409 g/mol. The van der Waals surface area contributed by atoms with Gasteiger partial charge in [0.25, 0.3) is 5.91 Å². The SMILES string of the molecule is Cc1nc(C2CCN(C(=O)Cc3ccccn3)CC2)ncc1C(=O)Nc1ccc(F)cc1. The van der Waals surface area contributed by atoms with E-state index in [0.29, 0.717) is 42.3 Å². The van der Waals surface area contributed by atoms with Crippen molar-refractivity contribution in [1.29, 1.82) is 0 Å². The summed E-state index contributed by atoms with van der Waals surface area (Å²) in [6, 6.07) is 11.1. The van der Waals surface area contributed by atoms with Gasteiger partial charge < -0.3 is 10.2 Å². The number of aromatic nitrogens is 3. The highest BCUT2D eigenvalue weighted by Gasteiger charge is 2.26. The smallest absolute Gasteiger partial charge is 0.259 e. The van der Waals surface area contributed by atoms with Crippen LogP contribution in [0.4, 0.5) is 10.1 Å². The summed E-state index contributed by atoms with van der Waals surface area (Å²) in [6.45, 7) is 3.06. The second kappa shape index (κ2) is 9.64. The van der Waals surface area contributed by atoms with Crippen LogP contribution in [0.15, 0.2) is 54.9 Å². The van der Waals surface area contributed by atoms with Crippen molar-refractivity contribution >= 4 is 17.5 Å². The zero-order valence-electron chi connectivity index (χ0n) is 17.8. The summed E-state index contributed by atoms with van der Waals surface area (Å²) in [7, 11) is 0. The van der Waals surface area contributed by atoms with Gasteiger partial charge in [0.1, 0.15) is 11.6 Å². The minimum Gasteiger partial charge on any atom is -0.342 e. The molecule has 32 heavy (non-hydrogen) atoms. The Kier molecular flexibility index (Phi) is 6.49. The molecule has 1 fully saturated rings. The molecule has 0 unspecified atom stereocenters. The van der Waals surface area contributed by atoms with Crippen molar-refractivity contribution in [3.63, 3.8) is 0 Å². The molecule has 3 aromatic rings. The lowest BCUT2D eigenvalue weighted by Gasteiger charge is -2.31. The number of aryl methyl sites for hydroxylation is 1. The molecule has 1 N–H and O–H groups in total. The molecule has 0 spiro atoms. The van der Waals surface area contributed by atoms with E-state index in [9.17, 15) is 14.0 Å². The molecule has 1 aromatic carbocycles. The number of rotatable bonds is 5. The zero-order valence-corrected chi connectivity index (χ0v) is 17.8. The lowest BCUT2D eigenvalue weighted by molar-refractivity contribution is -0.131. The van der Waals surface area contributed by atoms with Crippen LogP contribution in [0.3, 0.4) is 0 Å². The fourth-order valence-electron chi connectivity index (χ4n) is 3.79. The van der Waals surface area contributed by atoms with Crippen LogP contribution in [0, 0.1) is 12.7 Å². The summed E-state index contributed by atoms with van der Waals surface area (Å²) in [5.41, 5.74) is 2.24. The minimum absolute atomic E-state index is 0.0760. The third-order valence-corrected chi connectivity index (χ3v) is 5.62. The lowest BCUT2D eigenvalue weighted by Crippen LogP contribution is -2.39. The fraction of sp³-hybridized carbons (Fsp3) is 0.292. The zero-order chi connectivity index (χ0) is 22.5. The first-order valence-electron chi connectivity index (χ1n) is 10.6. The van der Waals surface area contributed by atoms with Gasteiger partial charge >= 0.3 is 0 Å². The number of halogens is 1. The minimum atomic E-state index is -0.364. The second-order valence-corrected chi connectivity index (χ2v) is 7.84. The molecule has 2 aromatic heterocycles. The predicted molar refractivity (Wildman–Crippen MR) is 118 cm³/mol. The van der Waals surface area contributed by atoms with Gasteiger partial charge in [-0.3, -0.25) is 14.6 Å². The summed E-state index contributed by atoms with van der Waals surface area (Å²) in [4.78, 5) is 40.2. The number of amides is 2. The number of hydrogen-bond donors (Lipinski definition) is 1. The van der Waals surface area contributed by atoms with E-state index in [4.69, 9.17) is 0 Å². The largest absolute Gasteiger partial charge is 0.342 e. The van der Waals surface area contributed by atoms with Gasteiger partial charge in [-0.25, -0.2) is 14.4 Å². The van der Waals surface area contributed by atoms with Gasteiger partial charge in [0.2, 0.25) is 5.91 Å². The molecule has 4 rings (SSSR count). The molecule has 0 saturated carbocycles. The van der Waals surface area contributed by atoms with Gasteiger partial charge in [0, 0.05) is 42.8 Å². The van der Waals surface area contributed by atoms with Crippen LogP contribution >= 0.6 is 0 Å². The van der Waals surface area contributed by atoms with Crippen molar-refractivity contribution in [2.24, 2.45) is 0 Å². The summed E-state index contributed by atoms with van der Waals surface area (Å²) >= 11 is 0. The molecule has 7 nitrogen and oxygen atoms in total. The number of piperidine rings is 1. The van der Waals surface area contributed by atoms with Crippen molar-refractivity contribution in [2.45, 2.75) is 32.1 Å². The number of anilines is 1. The number of pyridine rings is 1. The highest BCUT2D eigenvalue weighted by Crippen LogP contribution is 2.26. The van der Waals surface area contributed by atoms with Crippen molar-refractivity contribution in [3.05, 3.63) is 83.5 Å². The molecule has 0 atom stereocenters. The topological polar surface area (TPSA) is 88.1 Å². The average molecular weight is 433 g/mol. The maximum Gasteiger partial charge on any atom is 0.259 e. The monoisotopic (exact) mass is 433 g/mol. The number of benzene rings is 1. The third kappa shape index (κ3) is 5.14. The molecule has 2 amide bonds. The Hall–Kier alpha value is -3.68. The molecule has 8 heteroatoms. The maximum absolute atomic E-state index is 13.0. The van der Waals surface area contributed by atoms with E-state index in [0.717, 1.165) is 18.5 Å². The fourth-order valence-corrected chi connectivity index (χ4v) is 3.79. The molecule has 0 bridgehead atoms. The molecule has 1 saturated heterocycles. The third-order valence-electron chi connectivity index (χ3n) is 5.62. The van der Waals surface area contributed by atoms with Crippen LogP contribution in [0.2, 0.25) is 0 Å². The van der Waals surface area contributed by atoms with Crippen LogP contribution in [0.25, 0.3) is 0 Å². The Bertz CT molecular complexity index is 1100. The normalized spacial score (nSPS) is 14.2. The number of likely N-dealkylation sites (tertiary alicyclic amines) is 1. The van der Waals surface area contributed by atoms with Gasteiger partial charge in [-0.15, -0.1) is 0 Å². The second-order valence-electron chi connectivity index (χ2n) is 7.84. The van der Waals surface area contributed by atoms with E-state index in [1.54, 1.807) is 13.1 Å². The van der Waals surface area contributed by atoms with Crippen LogP contribution in [-0.4, -0.2) is 44.8 Å². The van der Waals surface area contributed by atoms with E-state index in [-0.39, 0.29) is 23.5 Å². The first kappa shape index (κ1) is 21.5. The molecule has 1 aliphatic heterocycles. The molecule has 0 radical (unpaired) electrons. The Morgan fingerprint density at radius 1 is 1.09 bits per heavy atom. The number of carbonyl (C=O) groups is 2. The number of nitrogens with zero attached hydrogens (tertiary/aromatic N) is 4. The summed E-state index contributed by atoms with van der Waals surface area (Å²) < 4.78 is 13.0. The van der Waals surface area contributed by atoms with Crippen LogP contribution in [0.5, 0.6) is 0 Å². The van der Waals surface area contributed by atoms with Crippen molar-refractivity contribution in [1.82, 2.24) is 19.9 Å². The average Bonchev–Trinajstić information content (AvgIpc) is 2.81. The molecule has 0 aliphatic carbocycles. The van der Waals surface area contributed by atoms with Crippen molar-refractivity contribution in [3.8, 4) is 0 Å². The number of carbonyl (C=O) groups excluding carboxylic acids is 2. The van der Waals surface area contributed by atoms with Crippen LogP contribution in [-0.2, 0) is 11.2 Å². The van der Waals surface area contributed by atoms with E-state index in [1.165, 1.54) is 30.5 Å². The quantitative estimate of drug-likeness (QED) is 0.665. The predicted octanol–water partition coefficient (Wildman–Crippen LogP) is 3.52. The molecule has 3 heterocycles. The number of hydrogen-bond acceptors (Lipinski definition) is 5. The van der Waals surface area contributed by atoms with Gasteiger partial charge in [-0.1, -0.05) is 6.07 Å². The first-order valence-corrected chi connectivity index (χ1v) is 10.6. The first-order chi connectivity index (χ1) is 15.5. The lowest BCUT2D eigenvalue weighted by atomic mass is 9.95. The van der Waals surface area contributed by atoms with Gasteiger partial charge in [0.05, 0.1) is 17.7 Å². The van der Waals surface area contributed by atoms with Crippen LogP contribution < -0.4 is 5.32 Å². The van der Waals surface area contributed by atoms with Crippen molar-refractivity contribution in [2.75, 3.05) is 18.4 Å². The summed E-state index contributed by atoms with van der Waals surface area (Å²) in [6.07, 6.45) is 5.08. The van der Waals surface area contributed by atoms with Gasteiger partial charge in [0.15, 0.2) is 0 Å². The van der Waals surface area contributed by atoms with E-state index >= 15 is 0 Å².